The molecule has 0 amide bonds. The fraction of sp³-hybridized carbons (Fsp3) is 0.167. The summed E-state index contributed by atoms with van der Waals surface area (Å²) in [7, 11) is 1.52. The van der Waals surface area contributed by atoms with Crippen molar-refractivity contribution in [2.24, 2.45) is 0 Å². The molecule has 0 saturated carbocycles. The third kappa shape index (κ3) is 4.53. The van der Waals surface area contributed by atoms with Crippen molar-refractivity contribution in [2.45, 2.75) is 13.0 Å². The third-order valence-electron chi connectivity index (χ3n) is 3.49. The number of ether oxygens (including phenoxy) is 2. The first-order valence-corrected chi connectivity index (χ1v) is 8.37. The number of carbonyl (C=O) groups excluding carboxylic acids is 1. The Morgan fingerprint density at radius 3 is 2.54 bits per heavy atom. The van der Waals surface area contributed by atoms with Gasteiger partial charge in [-0.15, -0.1) is 10.2 Å². The second kappa shape index (κ2) is 8.21. The van der Waals surface area contributed by atoms with Crippen molar-refractivity contribution in [1.82, 2.24) is 10.2 Å². The van der Waals surface area contributed by atoms with Gasteiger partial charge in [-0.1, -0.05) is 23.2 Å². The molecule has 0 aliphatic carbocycles. The van der Waals surface area contributed by atoms with Crippen LogP contribution in [0.3, 0.4) is 0 Å². The van der Waals surface area contributed by atoms with Gasteiger partial charge in [0.05, 0.1) is 13.5 Å². The minimum absolute atomic E-state index is 0.0158. The molecule has 0 saturated heterocycles. The van der Waals surface area contributed by atoms with Crippen molar-refractivity contribution in [2.75, 3.05) is 7.11 Å². The average molecular weight is 393 g/mol. The quantitative estimate of drug-likeness (QED) is 0.580. The van der Waals surface area contributed by atoms with Crippen LogP contribution in [0.2, 0.25) is 10.0 Å². The van der Waals surface area contributed by atoms with Crippen molar-refractivity contribution >= 4 is 29.2 Å². The number of rotatable bonds is 6. The summed E-state index contributed by atoms with van der Waals surface area (Å²) >= 11 is 11.8. The maximum Gasteiger partial charge on any atom is 0.310 e. The van der Waals surface area contributed by atoms with E-state index in [4.69, 9.17) is 37.1 Å². The second-order valence-electron chi connectivity index (χ2n) is 5.30. The molecule has 3 rings (SSSR count). The Morgan fingerprint density at radius 2 is 1.81 bits per heavy atom. The first-order valence-electron chi connectivity index (χ1n) is 7.61. The number of benzene rings is 2. The normalized spacial score (nSPS) is 10.6. The standard InChI is InChI=1S/C18H14Cl2N2O4/c1-24-15-7-6-14(20)8-12(15)9-17(23)25-10-16-21-22-18(26-16)11-2-4-13(19)5-3-11/h2-8H,9-10H2,1H3. The van der Waals surface area contributed by atoms with Gasteiger partial charge in [-0.2, -0.15) is 0 Å². The van der Waals surface area contributed by atoms with Gasteiger partial charge in [0, 0.05) is 21.2 Å². The highest BCUT2D eigenvalue weighted by molar-refractivity contribution is 6.31. The zero-order valence-electron chi connectivity index (χ0n) is 13.7. The molecule has 0 fully saturated rings. The van der Waals surface area contributed by atoms with Crippen molar-refractivity contribution in [3.05, 3.63) is 64.0 Å². The lowest BCUT2D eigenvalue weighted by Crippen LogP contribution is -2.09. The number of hydrogen-bond donors (Lipinski definition) is 0. The lowest BCUT2D eigenvalue weighted by Gasteiger charge is -2.08. The van der Waals surface area contributed by atoms with E-state index in [-0.39, 0.29) is 18.9 Å². The largest absolute Gasteiger partial charge is 0.496 e. The fourth-order valence-corrected chi connectivity index (χ4v) is 2.58. The minimum Gasteiger partial charge on any atom is -0.496 e. The summed E-state index contributed by atoms with van der Waals surface area (Å²) in [5.41, 5.74) is 1.36. The Balaban J connectivity index is 1.60. The van der Waals surface area contributed by atoms with Crippen LogP contribution in [0.15, 0.2) is 46.9 Å². The Kier molecular flexibility index (Phi) is 5.75. The molecular weight excluding hydrogens is 379 g/mol. The minimum atomic E-state index is -0.461. The van der Waals surface area contributed by atoms with Crippen LogP contribution in [0.1, 0.15) is 11.5 Å². The van der Waals surface area contributed by atoms with Gasteiger partial charge in [0.1, 0.15) is 5.75 Å². The Hall–Kier alpha value is -2.57. The van der Waals surface area contributed by atoms with E-state index in [0.29, 0.717) is 27.2 Å². The molecule has 0 N–H and O–H groups in total. The van der Waals surface area contributed by atoms with Gasteiger partial charge in [0.25, 0.3) is 5.89 Å². The van der Waals surface area contributed by atoms with Crippen LogP contribution in [0.25, 0.3) is 11.5 Å². The van der Waals surface area contributed by atoms with Crippen molar-refractivity contribution < 1.29 is 18.7 Å². The molecule has 0 aliphatic rings. The molecule has 0 atom stereocenters. The molecule has 26 heavy (non-hydrogen) atoms. The van der Waals surface area contributed by atoms with E-state index in [0.717, 1.165) is 5.56 Å². The highest BCUT2D eigenvalue weighted by atomic mass is 35.5. The predicted octanol–water partition coefficient (Wildman–Crippen LogP) is 4.34. The Bertz CT molecular complexity index is 910. The molecule has 8 heteroatoms. The Labute approximate surface area is 159 Å². The van der Waals surface area contributed by atoms with Gasteiger partial charge in [0.15, 0.2) is 6.61 Å². The predicted molar refractivity (Wildman–Crippen MR) is 96.2 cm³/mol. The van der Waals surface area contributed by atoms with E-state index in [2.05, 4.69) is 10.2 Å². The highest BCUT2D eigenvalue weighted by Gasteiger charge is 2.14. The topological polar surface area (TPSA) is 74.5 Å². The van der Waals surface area contributed by atoms with Crippen LogP contribution in [-0.2, 0) is 22.6 Å². The number of esters is 1. The first-order chi connectivity index (χ1) is 12.5. The summed E-state index contributed by atoms with van der Waals surface area (Å²) < 4.78 is 15.9. The SMILES string of the molecule is COc1ccc(Cl)cc1CC(=O)OCc1nnc(-c2ccc(Cl)cc2)o1. The molecule has 0 bridgehead atoms. The van der Waals surface area contributed by atoms with Crippen LogP contribution in [0.5, 0.6) is 5.75 Å². The van der Waals surface area contributed by atoms with Crippen LogP contribution in [-0.4, -0.2) is 23.3 Å². The molecule has 6 nitrogen and oxygen atoms in total. The summed E-state index contributed by atoms with van der Waals surface area (Å²) in [5.74, 6) is 0.622. The van der Waals surface area contributed by atoms with E-state index >= 15 is 0 Å². The highest BCUT2D eigenvalue weighted by Crippen LogP contribution is 2.24. The molecule has 3 aromatic rings. The van der Waals surface area contributed by atoms with Crippen molar-refractivity contribution in [3.8, 4) is 17.2 Å². The zero-order valence-corrected chi connectivity index (χ0v) is 15.3. The third-order valence-corrected chi connectivity index (χ3v) is 3.98. The van der Waals surface area contributed by atoms with Gasteiger partial charge < -0.3 is 13.9 Å². The van der Waals surface area contributed by atoms with Crippen molar-refractivity contribution in [1.29, 1.82) is 0 Å². The molecule has 134 valence electrons. The Morgan fingerprint density at radius 1 is 1.08 bits per heavy atom. The summed E-state index contributed by atoms with van der Waals surface area (Å²) in [6, 6.07) is 12.0. The van der Waals surface area contributed by atoms with Crippen LogP contribution in [0, 0.1) is 0 Å². The van der Waals surface area contributed by atoms with E-state index in [1.54, 1.807) is 42.5 Å². The summed E-state index contributed by atoms with van der Waals surface area (Å²) in [4.78, 5) is 12.1. The van der Waals surface area contributed by atoms with E-state index in [1.165, 1.54) is 7.11 Å². The maximum atomic E-state index is 12.1. The molecule has 0 unspecified atom stereocenters. The lowest BCUT2D eigenvalue weighted by molar-refractivity contribution is -0.144. The number of hydrogen-bond acceptors (Lipinski definition) is 6. The van der Waals surface area contributed by atoms with Gasteiger partial charge in [-0.05, 0) is 42.5 Å². The lowest BCUT2D eigenvalue weighted by atomic mass is 10.1. The fourth-order valence-electron chi connectivity index (χ4n) is 2.26. The first kappa shape index (κ1) is 18.2. The molecular formula is C18H14Cl2N2O4. The molecule has 1 aromatic heterocycles. The number of carbonyl (C=O) groups is 1. The van der Waals surface area contributed by atoms with Crippen LogP contribution >= 0.6 is 23.2 Å². The second-order valence-corrected chi connectivity index (χ2v) is 6.17. The van der Waals surface area contributed by atoms with E-state index < -0.39 is 5.97 Å². The van der Waals surface area contributed by atoms with Gasteiger partial charge in [-0.25, -0.2) is 0 Å². The molecule has 0 aliphatic heterocycles. The molecule has 0 radical (unpaired) electrons. The molecule has 1 heterocycles. The smallest absolute Gasteiger partial charge is 0.310 e. The number of methoxy groups -OCH3 is 1. The number of halogens is 2. The van der Waals surface area contributed by atoms with Crippen LogP contribution in [0.4, 0.5) is 0 Å². The van der Waals surface area contributed by atoms with E-state index in [1.807, 2.05) is 0 Å². The number of aromatic nitrogens is 2. The van der Waals surface area contributed by atoms with Crippen molar-refractivity contribution in [3.63, 3.8) is 0 Å². The molecule has 0 spiro atoms. The monoisotopic (exact) mass is 392 g/mol. The van der Waals surface area contributed by atoms with Gasteiger partial charge in [0.2, 0.25) is 5.89 Å². The summed E-state index contributed by atoms with van der Waals surface area (Å²) in [5, 5.41) is 8.92. The van der Waals surface area contributed by atoms with Gasteiger partial charge in [-0.3, -0.25) is 4.79 Å². The van der Waals surface area contributed by atoms with Gasteiger partial charge >= 0.3 is 5.97 Å². The van der Waals surface area contributed by atoms with E-state index in [9.17, 15) is 4.79 Å². The molecule has 2 aromatic carbocycles. The average Bonchev–Trinajstić information content (AvgIpc) is 3.10. The summed E-state index contributed by atoms with van der Waals surface area (Å²) in [6.07, 6.45) is 0.0158. The zero-order chi connectivity index (χ0) is 18.5. The summed E-state index contributed by atoms with van der Waals surface area (Å²) in [6.45, 7) is -0.123. The van der Waals surface area contributed by atoms with Crippen LogP contribution < -0.4 is 4.74 Å². The maximum absolute atomic E-state index is 12.1. The number of nitrogens with zero attached hydrogens (tertiary/aromatic N) is 2.